The van der Waals surface area contributed by atoms with Crippen LogP contribution in [-0.2, 0) is 4.79 Å². The van der Waals surface area contributed by atoms with Gasteiger partial charge in [0.1, 0.15) is 6.04 Å². The second kappa shape index (κ2) is 6.27. The van der Waals surface area contributed by atoms with Crippen LogP contribution in [0.3, 0.4) is 0 Å². The zero-order chi connectivity index (χ0) is 10.4. The number of carboxylic acid groups (broad SMARTS) is 1. The molecule has 1 unspecified atom stereocenters. The highest BCUT2D eigenvalue weighted by atomic mass is 32.2. The number of thioether (sulfide) groups is 1. The highest BCUT2D eigenvalue weighted by Gasteiger charge is 2.27. The molecule has 1 saturated heterocycles. The van der Waals surface area contributed by atoms with E-state index in [9.17, 15) is 4.79 Å². The minimum absolute atomic E-state index is 0.332. The first kappa shape index (κ1) is 11.8. The number of hydrogen-bond acceptors (Lipinski definition) is 4. The molecule has 0 saturated carbocycles. The summed E-state index contributed by atoms with van der Waals surface area (Å²) in [6.45, 7) is 5.34. The fraction of sp³-hybridized carbons (Fsp3) is 0.889. The third kappa shape index (κ3) is 3.48. The van der Waals surface area contributed by atoms with E-state index in [1.807, 2.05) is 11.8 Å². The molecule has 1 aliphatic rings. The van der Waals surface area contributed by atoms with Crippen LogP contribution in [0.5, 0.6) is 0 Å². The average Bonchev–Trinajstić information content (AvgIpc) is 2.19. The van der Waals surface area contributed by atoms with Gasteiger partial charge < -0.3 is 10.4 Å². The zero-order valence-corrected chi connectivity index (χ0v) is 9.35. The predicted octanol–water partition coefficient (Wildman–Crippen LogP) is 0.0979. The van der Waals surface area contributed by atoms with E-state index < -0.39 is 5.97 Å². The van der Waals surface area contributed by atoms with Crippen molar-refractivity contribution in [2.24, 2.45) is 0 Å². The molecule has 1 atom stereocenters. The fourth-order valence-corrected chi connectivity index (χ4v) is 2.24. The number of rotatable bonds is 5. The van der Waals surface area contributed by atoms with E-state index in [0.717, 1.165) is 31.1 Å². The van der Waals surface area contributed by atoms with Crippen LogP contribution in [-0.4, -0.2) is 59.7 Å². The summed E-state index contributed by atoms with van der Waals surface area (Å²) in [4.78, 5) is 13.0. The number of nitrogens with zero attached hydrogens (tertiary/aromatic N) is 1. The number of carboxylic acids is 1. The first-order valence-electron chi connectivity index (χ1n) is 5.01. The second-order valence-electron chi connectivity index (χ2n) is 3.29. The van der Waals surface area contributed by atoms with E-state index in [-0.39, 0.29) is 6.04 Å². The fourth-order valence-electron chi connectivity index (χ4n) is 1.58. The average molecular weight is 218 g/mol. The van der Waals surface area contributed by atoms with Gasteiger partial charge in [-0.15, -0.1) is 0 Å². The molecule has 4 nitrogen and oxygen atoms in total. The van der Waals surface area contributed by atoms with E-state index in [1.54, 1.807) is 0 Å². The molecule has 1 heterocycles. The summed E-state index contributed by atoms with van der Waals surface area (Å²) in [7, 11) is 0. The zero-order valence-electron chi connectivity index (χ0n) is 8.53. The van der Waals surface area contributed by atoms with Gasteiger partial charge in [0.05, 0.1) is 0 Å². The standard InChI is InChI=1S/C9H18N2O2S/c1-2-14-6-5-11-4-3-10-7-8(11)9(12)13/h8,10H,2-7H2,1H3,(H,12,13). The van der Waals surface area contributed by atoms with Crippen LogP contribution < -0.4 is 5.32 Å². The van der Waals surface area contributed by atoms with Gasteiger partial charge in [0, 0.05) is 31.9 Å². The van der Waals surface area contributed by atoms with E-state index >= 15 is 0 Å². The third-order valence-electron chi connectivity index (χ3n) is 2.37. The van der Waals surface area contributed by atoms with Crippen molar-refractivity contribution in [3.63, 3.8) is 0 Å². The van der Waals surface area contributed by atoms with Crippen LogP contribution in [0.4, 0.5) is 0 Å². The molecule has 1 aliphatic heterocycles. The molecule has 2 N–H and O–H groups in total. The van der Waals surface area contributed by atoms with E-state index in [4.69, 9.17) is 5.11 Å². The van der Waals surface area contributed by atoms with Crippen LogP contribution in [0.15, 0.2) is 0 Å². The maximum Gasteiger partial charge on any atom is 0.322 e. The molecule has 82 valence electrons. The number of hydrogen-bond donors (Lipinski definition) is 2. The van der Waals surface area contributed by atoms with Gasteiger partial charge in [-0.2, -0.15) is 11.8 Å². The highest BCUT2D eigenvalue weighted by Crippen LogP contribution is 2.06. The summed E-state index contributed by atoms with van der Waals surface area (Å²) >= 11 is 1.86. The molecule has 0 spiro atoms. The molecule has 1 fully saturated rings. The maximum absolute atomic E-state index is 10.9. The Labute approximate surface area is 89.0 Å². The minimum Gasteiger partial charge on any atom is -0.480 e. The Morgan fingerprint density at radius 2 is 2.50 bits per heavy atom. The lowest BCUT2D eigenvalue weighted by molar-refractivity contribution is -0.143. The molecule has 5 heteroatoms. The van der Waals surface area contributed by atoms with Crippen LogP contribution in [0.2, 0.25) is 0 Å². The summed E-state index contributed by atoms with van der Waals surface area (Å²) in [6.07, 6.45) is 0. The van der Waals surface area contributed by atoms with Crippen molar-refractivity contribution in [2.45, 2.75) is 13.0 Å². The number of carbonyl (C=O) groups is 1. The molecule has 0 aliphatic carbocycles. The Bertz CT molecular complexity index is 190. The monoisotopic (exact) mass is 218 g/mol. The Morgan fingerprint density at radius 3 is 3.14 bits per heavy atom. The quantitative estimate of drug-likeness (QED) is 0.641. The van der Waals surface area contributed by atoms with Crippen molar-refractivity contribution >= 4 is 17.7 Å². The Balaban J connectivity index is 2.34. The normalized spacial score (nSPS) is 23.6. The summed E-state index contributed by atoms with van der Waals surface area (Å²) in [5.74, 6) is 1.42. The van der Waals surface area contributed by atoms with Crippen molar-refractivity contribution in [2.75, 3.05) is 37.7 Å². The van der Waals surface area contributed by atoms with Crippen molar-refractivity contribution in [1.29, 1.82) is 0 Å². The summed E-state index contributed by atoms with van der Waals surface area (Å²) in [5, 5.41) is 12.1. The number of nitrogens with one attached hydrogen (secondary N) is 1. The summed E-state index contributed by atoms with van der Waals surface area (Å²) in [5.41, 5.74) is 0. The van der Waals surface area contributed by atoms with Crippen molar-refractivity contribution < 1.29 is 9.90 Å². The Hall–Kier alpha value is -0.260. The first-order chi connectivity index (χ1) is 6.75. The van der Waals surface area contributed by atoms with E-state index in [2.05, 4.69) is 17.1 Å². The summed E-state index contributed by atoms with van der Waals surface area (Å²) in [6, 6.07) is -0.332. The molecule has 0 aromatic carbocycles. The van der Waals surface area contributed by atoms with E-state index in [0.29, 0.717) is 6.54 Å². The molecule has 14 heavy (non-hydrogen) atoms. The molecule has 0 amide bonds. The summed E-state index contributed by atoms with van der Waals surface area (Å²) < 4.78 is 0. The molecule has 1 rings (SSSR count). The number of aliphatic carboxylic acids is 1. The Kier molecular flexibility index (Phi) is 5.29. The van der Waals surface area contributed by atoms with Gasteiger partial charge in [0.2, 0.25) is 0 Å². The largest absolute Gasteiger partial charge is 0.480 e. The SMILES string of the molecule is CCSCCN1CCNCC1C(=O)O. The van der Waals surface area contributed by atoms with Crippen LogP contribution in [0.1, 0.15) is 6.92 Å². The van der Waals surface area contributed by atoms with Crippen molar-refractivity contribution in [3.8, 4) is 0 Å². The topological polar surface area (TPSA) is 52.6 Å². The predicted molar refractivity (Wildman–Crippen MR) is 58.9 cm³/mol. The Morgan fingerprint density at radius 1 is 1.71 bits per heavy atom. The first-order valence-corrected chi connectivity index (χ1v) is 6.16. The van der Waals surface area contributed by atoms with Gasteiger partial charge in [-0.25, -0.2) is 0 Å². The molecular formula is C9H18N2O2S. The maximum atomic E-state index is 10.9. The second-order valence-corrected chi connectivity index (χ2v) is 4.68. The lowest BCUT2D eigenvalue weighted by Gasteiger charge is -2.33. The van der Waals surface area contributed by atoms with Crippen LogP contribution in [0, 0.1) is 0 Å². The van der Waals surface area contributed by atoms with Gasteiger partial charge >= 0.3 is 5.97 Å². The minimum atomic E-state index is -0.710. The molecule has 0 aromatic rings. The highest BCUT2D eigenvalue weighted by molar-refractivity contribution is 7.99. The molecule has 0 aromatic heterocycles. The van der Waals surface area contributed by atoms with Gasteiger partial charge in [-0.3, -0.25) is 9.69 Å². The number of piperazine rings is 1. The van der Waals surface area contributed by atoms with Crippen molar-refractivity contribution in [1.82, 2.24) is 10.2 Å². The van der Waals surface area contributed by atoms with Gasteiger partial charge in [0.15, 0.2) is 0 Å². The van der Waals surface area contributed by atoms with Gasteiger partial charge in [-0.05, 0) is 5.75 Å². The lowest BCUT2D eigenvalue weighted by Crippen LogP contribution is -2.55. The molecule has 0 radical (unpaired) electrons. The van der Waals surface area contributed by atoms with Crippen LogP contribution >= 0.6 is 11.8 Å². The smallest absolute Gasteiger partial charge is 0.322 e. The molecule has 0 bridgehead atoms. The van der Waals surface area contributed by atoms with Gasteiger partial charge in [-0.1, -0.05) is 6.92 Å². The lowest BCUT2D eigenvalue weighted by atomic mass is 10.2. The molecular weight excluding hydrogens is 200 g/mol. The third-order valence-corrected chi connectivity index (χ3v) is 3.25. The van der Waals surface area contributed by atoms with Crippen molar-refractivity contribution in [3.05, 3.63) is 0 Å². The van der Waals surface area contributed by atoms with Gasteiger partial charge in [0.25, 0.3) is 0 Å². The van der Waals surface area contributed by atoms with Crippen LogP contribution in [0.25, 0.3) is 0 Å². The van der Waals surface area contributed by atoms with E-state index in [1.165, 1.54) is 0 Å².